The predicted molar refractivity (Wildman–Crippen MR) is 87.7 cm³/mol. The number of nitrogens with zero attached hydrogens (tertiary/aromatic N) is 2. The van der Waals surface area contributed by atoms with E-state index in [2.05, 4.69) is 43.3 Å². The summed E-state index contributed by atoms with van der Waals surface area (Å²) in [5, 5.41) is 10.2. The Morgan fingerprint density at radius 3 is 2.56 bits per heavy atom. The molecule has 5 nitrogen and oxygen atoms in total. The molecule has 0 radical (unpaired) electrons. The van der Waals surface area contributed by atoms with Gasteiger partial charge in [-0.2, -0.15) is 0 Å². The van der Waals surface area contributed by atoms with Crippen LogP contribution in [0, 0.1) is 13.8 Å². The fraction of sp³-hybridized carbons (Fsp3) is 0.455. The van der Waals surface area contributed by atoms with Crippen molar-refractivity contribution in [3.8, 4) is 0 Å². The summed E-state index contributed by atoms with van der Waals surface area (Å²) in [5.74, 6) is 1.54. The normalized spacial score (nSPS) is 10.8. The van der Waals surface area contributed by atoms with Crippen molar-refractivity contribution in [2.75, 3.05) is 13.6 Å². The summed E-state index contributed by atoms with van der Waals surface area (Å²) in [6.45, 7) is 8.82. The van der Waals surface area contributed by atoms with E-state index in [0.29, 0.717) is 19.0 Å². The lowest BCUT2D eigenvalue weighted by molar-refractivity contribution is 0.392. The van der Waals surface area contributed by atoms with Gasteiger partial charge < -0.3 is 15.2 Å². The Balaban J connectivity index is 0.00000289. The lowest BCUT2D eigenvalue weighted by atomic mass is 10.2. The summed E-state index contributed by atoms with van der Waals surface area (Å²) in [6, 6.07) is 0. The second-order valence-corrected chi connectivity index (χ2v) is 4.72. The zero-order chi connectivity index (χ0) is 12.8. The van der Waals surface area contributed by atoms with Gasteiger partial charge in [0.2, 0.25) is 0 Å². The first-order chi connectivity index (χ1) is 8.04. The summed E-state index contributed by atoms with van der Waals surface area (Å²) in [4.78, 5) is 4.10. The van der Waals surface area contributed by atoms with E-state index >= 15 is 0 Å². The van der Waals surface area contributed by atoms with Gasteiger partial charge in [0, 0.05) is 30.2 Å². The minimum absolute atomic E-state index is 0. The van der Waals surface area contributed by atoms with Crippen molar-refractivity contribution in [1.82, 2.24) is 15.8 Å². The summed E-state index contributed by atoms with van der Waals surface area (Å²) >= 11 is 3.28. The summed E-state index contributed by atoms with van der Waals surface area (Å²) in [5.41, 5.74) is 1.96. The van der Waals surface area contributed by atoms with Gasteiger partial charge in [-0.25, -0.2) is 0 Å². The molecule has 0 spiro atoms. The van der Waals surface area contributed by atoms with E-state index in [4.69, 9.17) is 4.52 Å². The molecular weight excluding hydrogens is 411 g/mol. The van der Waals surface area contributed by atoms with Crippen molar-refractivity contribution >= 4 is 45.9 Å². The lowest BCUT2D eigenvalue weighted by Gasteiger charge is -2.10. The van der Waals surface area contributed by atoms with E-state index in [1.807, 2.05) is 13.8 Å². The average molecular weight is 429 g/mol. The number of guanidine groups is 1. The molecule has 0 aliphatic carbocycles. The van der Waals surface area contributed by atoms with Gasteiger partial charge in [0.15, 0.2) is 5.96 Å². The van der Waals surface area contributed by atoms with E-state index in [0.717, 1.165) is 21.5 Å². The molecule has 2 N–H and O–H groups in total. The first-order valence-corrected chi connectivity index (χ1v) is 6.03. The van der Waals surface area contributed by atoms with Gasteiger partial charge in [0.1, 0.15) is 5.76 Å². The third kappa shape index (κ3) is 5.38. The largest absolute Gasteiger partial charge is 0.361 e. The van der Waals surface area contributed by atoms with Crippen molar-refractivity contribution in [2.45, 2.75) is 20.4 Å². The Hall–Kier alpha value is -0.570. The molecule has 1 aromatic heterocycles. The van der Waals surface area contributed by atoms with Gasteiger partial charge in [-0.15, -0.1) is 24.0 Å². The van der Waals surface area contributed by atoms with Crippen LogP contribution in [0.3, 0.4) is 0 Å². The minimum Gasteiger partial charge on any atom is -0.361 e. The number of nitrogens with one attached hydrogen (secondary N) is 2. The van der Waals surface area contributed by atoms with Crippen LogP contribution in [0.1, 0.15) is 17.0 Å². The molecule has 102 valence electrons. The smallest absolute Gasteiger partial charge is 0.191 e. The molecule has 0 aliphatic heterocycles. The molecule has 0 amide bonds. The van der Waals surface area contributed by atoms with Gasteiger partial charge in [0.05, 0.1) is 5.69 Å². The molecule has 18 heavy (non-hydrogen) atoms. The van der Waals surface area contributed by atoms with Crippen LogP contribution in [0.25, 0.3) is 0 Å². The first-order valence-electron chi connectivity index (χ1n) is 5.24. The number of aromatic nitrogens is 1. The summed E-state index contributed by atoms with van der Waals surface area (Å²) in [6.07, 6.45) is 0. The van der Waals surface area contributed by atoms with E-state index in [-0.39, 0.29) is 24.0 Å². The Bertz CT molecular complexity index is 411. The molecule has 0 aliphatic rings. The SMILES string of the molecule is C=C(Br)CNC(=NC)NCc1c(C)noc1C.I. The maximum atomic E-state index is 5.09. The Morgan fingerprint density at radius 2 is 2.11 bits per heavy atom. The van der Waals surface area contributed by atoms with Gasteiger partial charge in [-0.1, -0.05) is 27.7 Å². The number of rotatable bonds is 4. The minimum atomic E-state index is 0. The van der Waals surface area contributed by atoms with Gasteiger partial charge in [-0.3, -0.25) is 4.99 Å². The van der Waals surface area contributed by atoms with Crippen LogP contribution in [0.5, 0.6) is 0 Å². The van der Waals surface area contributed by atoms with Crippen LogP contribution in [0.4, 0.5) is 0 Å². The molecule has 0 saturated carbocycles. The van der Waals surface area contributed by atoms with Crippen LogP contribution in [-0.4, -0.2) is 24.7 Å². The fourth-order valence-corrected chi connectivity index (χ4v) is 1.47. The molecule has 7 heteroatoms. The first kappa shape index (κ1) is 17.4. The maximum absolute atomic E-state index is 5.09. The molecule has 0 bridgehead atoms. The second-order valence-electron chi connectivity index (χ2n) is 3.60. The second kappa shape index (κ2) is 8.52. The Labute approximate surface area is 133 Å². The highest BCUT2D eigenvalue weighted by Crippen LogP contribution is 2.11. The molecule has 0 atom stereocenters. The fourth-order valence-electron chi connectivity index (χ4n) is 1.33. The van der Waals surface area contributed by atoms with Crippen LogP contribution >= 0.6 is 39.9 Å². The van der Waals surface area contributed by atoms with Gasteiger partial charge in [-0.05, 0) is 13.8 Å². The summed E-state index contributed by atoms with van der Waals surface area (Å²) in [7, 11) is 1.72. The monoisotopic (exact) mass is 428 g/mol. The van der Waals surface area contributed by atoms with Crippen molar-refractivity contribution in [2.24, 2.45) is 4.99 Å². The number of aliphatic imine (C=N–C) groups is 1. The third-order valence-corrected chi connectivity index (χ3v) is 2.57. The highest BCUT2D eigenvalue weighted by molar-refractivity contribution is 14.0. The predicted octanol–water partition coefficient (Wildman–Crippen LogP) is 2.48. The molecule has 1 rings (SSSR count). The third-order valence-electron chi connectivity index (χ3n) is 2.29. The molecule has 0 aromatic carbocycles. The topological polar surface area (TPSA) is 62.5 Å². The van der Waals surface area contributed by atoms with E-state index in [1.54, 1.807) is 7.05 Å². The van der Waals surface area contributed by atoms with Gasteiger partial charge in [0.25, 0.3) is 0 Å². The number of halogens is 2. The quantitative estimate of drug-likeness (QED) is 0.439. The standard InChI is InChI=1S/C11H17BrN4O.HI/c1-7(12)5-14-11(13-4)15-6-10-8(2)16-17-9(10)3;/h1,5-6H2,2-4H3,(H2,13,14,15);1H. The van der Waals surface area contributed by atoms with Crippen LogP contribution in [0.15, 0.2) is 20.6 Å². The lowest BCUT2D eigenvalue weighted by Crippen LogP contribution is -2.37. The van der Waals surface area contributed by atoms with Crippen LogP contribution < -0.4 is 10.6 Å². The molecule has 1 heterocycles. The molecule has 0 unspecified atom stereocenters. The molecule has 0 saturated heterocycles. The Morgan fingerprint density at radius 1 is 1.44 bits per heavy atom. The molecule has 0 fully saturated rings. The zero-order valence-corrected chi connectivity index (χ0v) is 14.6. The van der Waals surface area contributed by atoms with Crippen LogP contribution in [0.2, 0.25) is 0 Å². The van der Waals surface area contributed by atoms with Crippen molar-refractivity contribution in [3.63, 3.8) is 0 Å². The average Bonchev–Trinajstić information content (AvgIpc) is 2.59. The Kier molecular flexibility index (Phi) is 8.25. The summed E-state index contributed by atoms with van der Waals surface area (Å²) < 4.78 is 5.96. The van der Waals surface area contributed by atoms with Gasteiger partial charge >= 0.3 is 0 Å². The highest BCUT2D eigenvalue weighted by Gasteiger charge is 2.09. The number of aryl methyl sites for hydroxylation is 2. The van der Waals surface area contributed by atoms with Crippen molar-refractivity contribution < 1.29 is 4.52 Å². The van der Waals surface area contributed by atoms with Crippen LogP contribution in [-0.2, 0) is 6.54 Å². The number of hydrogen-bond donors (Lipinski definition) is 2. The highest BCUT2D eigenvalue weighted by atomic mass is 127. The zero-order valence-electron chi connectivity index (χ0n) is 10.7. The number of hydrogen-bond acceptors (Lipinski definition) is 3. The van der Waals surface area contributed by atoms with E-state index < -0.39 is 0 Å². The maximum Gasteiger partial charge on any atom is 0.191 e. The molecular formula is C11H18BrIN4O. The van der Waals surface area contributed by atoms with E-state index in [9.17, 15) is 0 Å². The van der Waals surface area contributed by atoms with Crippen molar-refractivity contribution in [3.05, 3.63) is 28.1 Å². The molecule has 1 aromatic rings. The van der Waals surface area contributed by atoms with E-state index in [1.165, 1.54) is 0 Å². The van der Waals surface area contributed by atoms with Crippen molar-refractivity contribution in [1.29, 1.82) is 0 Å².